The highest BCUT2D eigenvalue weighted by Gasteiger charge is 2.16. The van der Waals surface area contributed by atoms with E-state index in [4.69, 9.17) is 4.74 Å². The molecule has 0 radical (unpaired) electrons. The summed E-state index contributed by atoms with van der Waals surface area (Å²) in [5.41, 5.74) is 1.03. The lowest BCUT2D eigenvalue weighted by atomic mass is 10.1. The lowest BCUT2D eigenvalue weighted by Crippen LogP contribution is -2.30. The van der Waals surface area contributed by atoms with Crippen LogP contribution < -0.4 is 4.74 Å². The summed E-state index contributed by atoms with van der Waals surface area (Å²) in [6, 6.07) is 7.94. The minimum atomic E-state index is 0.820. The number of methoxy groups -OCH3 is 1. The smallest absolute Gasteiger partial charge is 0.235 e. The van der Waals surface area contributed by atoms with E-state index < -0.39 is 0 Å². The molecule has 0 bridgehead atoms. The van der Waals surface area contributed by atoms with Crippen molar-refractivity contribution >= 4 is 28.4 Å². The van der Waals surface area contributed by atoms with Crippen LogP contribution in [-0.4, -0.2) is 44.9 Å². The molecule has 0 saturated carbocycles. The van der Waals surface area contributed by atoms with E-state index in [1.54, 1.807) is 18.4 Å². The van der Waals surface area contributed by atoms with Crippen LogP contribution in [0.3, 0.4) is 0 Å². The monoisotopic (exact) mass is 355 g/mol. The molecule has 6 nitrogen and oxygen atoms in total. The molecule has 1 aromatic carbocycles. The van der Waals surface area contributed by atoms with Crippen LogP contribution in [-0.2, 0) is 6.54 Å². The highest BCUT2D eigenvalue weighted by Crippen LogP contribution is 2.22. The average molecular weight is 355 g/mol. The maximum Gasteiger partial charge on any atom is 0.235 e. The third-order valence-corrected chi connectivity index (χ3v) is 5.29. The van der Waals surface area contributed by atoms with Crippen LogP contribution in [0.25, 0.3) is 17.1 Å². The molecule has 0 amide bonds. The molecule has 2 aromatic heterocycles. The van der Waals surface area contributed by atoms with Gasteiger partial charge >= 0.3 is 0 Å². The Labute approximate surface area is 150 Å². The molecule has 0 atom stereocenters. The molecule has 3 aromatic rings. The number of fused-ring (bicyclic) bond motifs is 1. The van der Waals surface area contributed by atoms with Gasteiger partial charge in [-0.2, -0.15) is 9.61 Å². The van der Waals surface area contributed by atoms with E-state index in [1.807, 2.05) is 40.9 Å². The highest BCUT2D eigenvalue weighted by atomic mass is 32.1. The number of ether oxygens (including phenoxy) is 1. The fraction of sp³-hybridized carbons (Fsp3) is 0.389. The first-order valence-electron chi connectivity index (χ1n) is 8.58. The standard InChI is InChI=1S/C18H21N5OS/c1-24-15-8-4-3-7-14(15)9-10-17-21-23-16(19-20-18(23)25-17)13-22-11-5-2-6-12-22/h3-4,7-10H,2,5-6,11-13H2,1H3. The van der Waals surface area contributed by atoms with Crippen LogP contribution >= 0.6 is 11.3 Å². The molecule has 1 aliphatic rings. The Morgan fingerprint density at radius 1 is 1.12 bits per heavy atom. The van der Waals surface area contributed by atoms with Crippen molar-refractivity contribution in [1.82, 2.24) is 24.7 Å². The van der Waals surface area contributed by atoms with Gasteiger partial charge in [0, 0.05) is 5.56 Å². The van der Waals surface area contributed by atoms with Gasteiger partial charge in [0.25, 0.3) is 0 Å². The van der Waals surface area contributed by atoms with E-state index in [9.17, 15) is 0 Å². The molecule has 0 N–H and O–H groups in total. The van der Waals surface area contributed by atoms with Crippen molar-refractivity contribution in [1.29, 1.82) is 0 Å². The summed E-state index contributed by atoms with van der Waals surface area (Å²) in [6.45, 7) is 3.10. The van der Waals surface area contributed by atoms with Crippen LogP contribution in [0, 0.1) is 0 Å². The molecule has 0 unspecified atom stereocenters. The predicted octanol–water partition coefficient (Wildman–Crippen LogP) is 3.35. The number of hydrogen-bond donors (Lipinski definition) is 0. The first-order valence-corrected chi connectivity index (χ1v) is 9.40. The lowest BCUT2D eigenvalue weighted by Gasteiger charge is -2.25. The van der Waals surface area contributed by atoms with Crippen molar-refractivity contribution in [3.63, 3.8) is 0 Å². The van der Waals surface area contributed by atoms with Gasteiger partial charge in [0.05, 0.1) is 13.7 Å². The first kappa shape index (κ1) is 16.2. The van der Waals surface area contributed by atoms with E-state index in [-0.39, 0.29) is 0 Å². The van der Waals surface area contributed by atoms with Crippen molar-refractivity contribution in [3.8, 4) is 5.75 Å². The highest BCUT2D eigenvalue weighted by molar-refractivity contribution is 7.17. The quantitative estimate of drug-likeness (QED) is 0.702. The van der Waals surface area contributed by atoms with Gasteiger partial charge in [0.2, 0.25) is 4.96 Å². The van der Waals surface area contributed by atoms with Crippen molar-refractivity contribution in [3.05, 3.63) is 40.7 Å². The molecular weight excluding hydrogens is 334 g/mol. The summed E-state index contributed by atoms with van der Waals surface area (Å²) >= 11 is 1.54. The Hall–Kier alpha value is -2.25. The van der Waals surface area contributed by atoms with E-state index in [1.165, 1.54) is 19.3 Å². The number of nitrogens with zero attached hydrogens (tertiary/aromatic N) is 5. The third kappa shape index (κ3) is 3.57. The van der Waals surface area contributed by atoms with Gasteiger partial charge in [0.15, 0.2) is 5.82 Å². The number of rotatable bonds is 5. The van der Waals surface area contributed by atoms with Crippen LogP contribution in [0.5, 0.6) is 5.75 Å². The molecular formula is C18H21N5OS. The fourth-order valence-electron chi connectivity index (χ4n) is 3.12. The molecule has 3 heterocycles. The van der Waals surface area contributed by atoms with Crippen LogP contribution in [0.1, 0.15) is 35.7 Å². The Morgan fingerprint density at radius 3 is 2.80 bits per heavy atom. The maximum atomic E-state index is 5.38. The SMILES string of the molecule is COc1ccccc1C=Cc1nn2c(CN3CCCCC3)nnc2s1. The van der Waals surface area contributed by atoms with Gasteiger partial charge in [-0.3, -0.25) is 4.90 Å². The number of para-hydroxylation sites is 1. The summed E-state index contributed by atoms with van der Waals surface area (Å²) in [4.78, 5) is 3.27. The van der Waals surface area contributed by atoms with Crippen molar-refractivity contribution in [2.45, 2.75) is 25.8 Å². The normalized spacial score (nSPS) is 16.0. The van der Waals surface area contributed by atoms with Gasteiger partial charge in [-0.1, -0.05) is 36.0 Å². The predicted molar refractivity (Wildman–Crippen MR) is 99.7 cm³/mol. The number of likely N-dealkylation sites (tertiary alicyclic amines) is 1. The Balaban J connectivity index is 1.54. The molecule has 7 heteroatoms. The van der Waals surface area contributed by atoms with Gasteiger partial charge in [-0.05, 0) is 44.1 Å². The summed E-state index contributed by atoms with van der Waals surface area (Å²) in [5, 5.41) is 14.2. The van der Waals surface area contributed by atoms with Gasteiger partial charge in [-0.15, -0.1) is 10.2 Å². The second-order valence-corrected chi connectivity index (χ2v) is 7.15. The second-order valence-electron chi connectivity index (χ2n) is 6.16. The van der Waals surface area contributed by atoms with Gasteiger partial charge in [-0.25, -0.2) is 0 Å². The lowest BCUT2D eigenvalue weighted by molar-refractivity contribution is 0.214. The van der Waals surface area contributed by atoms with Crippen molar-refractivity contribution in [2.24, 2.45) is 0 Å². The molecule has 130 valence electrons. The minimum absolute atomic E-state index is 0.820. The number of piperidine rings is 1. The molecule has 4 rings (SSSR count). The maximum absolute atomic E-state index is 5.38. The van der Waals surface area contributed by atoms with Crippen LogP contribution in [0.4, 0.5) is 0 Å². The summed E-state index contributed by atoms with van der Waals surface area (Å²) in [5.74, 6) is 1.78. The third-order valence-electron chi connectivity index (χ3n) is 4.43. The molecule has 0 aliphatic carbocycles. The fourth-order valence-corrected chi connectivity index (χ4v) is 3.88. The van der Waals surface area contributed by atoms with E-state index in [2.05, 4.69) is 20.2 Å². The van der Waals surface area contributed by atoms with Crippen LogP contribution in [0.15, 0.2) is 24.3 Å². The van der Waals surface area contributed by atoms with Crippen molar-refractivity contribution < 1.29 is 4.74 Å². The minimum Gasteiger partial charge on any atom is -0.496 e. The average Bonchev–Trinajstić information content (AvgIpc) is 3.22. The molecule has 0 spiro atoms. The Morgan fingerprint density at radius 2 is 1.96 bits per heavy atom. The number of hydrogen-bond acceptors (Lipinski definition) is 6. The summed E-state index contributed by atoms with van der Waals surface area (Å²) in [6.07, 6.45) is 7.90. The Kier molecular flexibility index (Phi) is 4.76. The number of benzene rings is 1. The zero-order chi connectivity index (χ0) is 17.1. The topological polar surface area (TPSA) is 55.6 Å². The van der Waals surface area contributed by atoms with Gasteiger partial charge in [0.1, 0.15) is 10.8 Å². The number of aromatic nitrogens is 4. The zero-order valence-electron chi connectivity index (χ0n) is 14.3. The largest absolute Gasteiger partial charge is 0.496 e. The van der Waals surface area contributed by atoms with E-state index in [0.717, 1.165) is 46.7 Å². The molecule has 25 heavy (non-hydrogen) atoms. The molecule has 1 aliphatic heterocycles. The second kappa shape index (κ2) is 7.33. The van der Waals surface area contributed by atoms with Crippen molar-refractivity contribution in [2.75, 3.05) is 20.2 Å². The molecule has 1 saturated heterocycles. The van der Waals surface area contributed by atoms with Crippen LogP contribution in [0.2, 0.25) is 0 Å². The Bertz CT molecular complexity index is 879. The summed E-state index contributed by atoms with van der Waals surface area (Å²) < 4.78 is 7.26. The first-order chi connectivity index (χ1) is 12.3. The molecule has 1 fully saturated rings. The van der Waals surface area contributed by atoms with E-state index >= 15 is 0 Å². The van der Waals surface area contributed by atoms with E-state index in [0.29, 0.717) is 0 Å². The van der Waals surface area contributed by atoms with Gasteiger partial charge < -0.3 is 4.74 Å². The zero-order valence-corrected chi connectivity index (χ0v) is 15.1. The summed E-state index contributed by atoms with van der Waals surface area (Å²) in [7, 11) is 1.68.